The zero-order valence-corrected chi connectivity index (χ0v) is 19.9. The highest BCUT2D eigenvalue weighted by Crippen LogP contribution is 2.38. The summed E-state index contributed by atoms with van der Waals surface area (Å²) in [4.78, 5) is 32.4. The van der Waals surface area contributed by atoms with E-state index in [4.69, 9.17) is 4.74 Å². The molecule has 2 aromatic carbocycles. The topological polar surface area (TPSA) is 109 Å². The van der Waals surface area contributed by atoms with Gasteiger partial charge in [0.15, 0.2) is 5.75 Å². The van der Waals surface area contributed by atoms with Crippen LogP contribution in [0, 0.1) is 17.0 Å². The lowest BCUT2D eigenvalue weighted by Gasteiger charge is -2.09. The minimum Gasteiger partial charge on any atom is -0.424 e. The van der Waals surface area contributed by atoms with Crippen molar-refractivity contribution < 1.29 is 23.7 Å². The molecule has 35 heavy (non-hydrogen) atoms. The van der Waals surface area contributed by atoms with Crippen LogP contribution < -0.4 is 4.74 Å². The summed E-state index contributed by atoms with van der Waals surface area (Å²) in [6, 6.07) is 18.4. The van der Waals surface area contributed by atoms with Gasteiger partial charge in [-0.25, -0.2) is 0 Å². The van der Waals surface area contributed by atoms with Gasteiger partial charge in [-0.15, -0.1) is 10.1 Å². The molecule has 0 saturated heterocycles. The van der Waals surface area contributed by atoms with Crippen LogP contribution in [0.1, 0.15) is 34.5 Å². The summed E-state index contributed by atoms with van der Waals surface area (Å²) in [7, 11) is -1.03. The average Bonchev–Trinajstić information content (AvgIpc) is 3.16. The molecule has 0 saturated carbocycles. The van der Waals surface area contributed by atoms with Gasteiger partial charge in [0.2, 0.25) is 0 Å². The van der Waals surface area contributed by atoms with Gasteiger partial charge in [0.1, 0.15) is 6.61 Å². The predicted molar refractivity (Wildman–Crippen MR) is 132 cm³/mol. The Kier molecular flexibility index (Phi) is 7.17. The summed E-state index contributed by atoms with van der Waals surface area (Å²) in [6.45, 7) is 1.38. The Morgan fingerprint density at radius 2 is 1.80 bits per heavy atom. The Morgan fingerprint density at radius 3 is 2.46 bits per heavy atom. The first kappa shape index (κ1) is 24.0. The van der Waals surface area contributed by atoms with E-state index in [9.17, 15) is 19.1 Å². The van der Waals surface area contributed by atoms with Crippen LogP contribution >= 0.6 is 0 Å². The number of aryl methyl sites for hydroxylation is 1. The van der Waals surface area contributed by atoms with E-state index < -0.39 is 21.9 Å². The quantitative estimate of drug-likeness (QED) is 0.254. The highest BCUT2D eigenvalue weighted by molar-refractivity contribution is 7.84. The normalized spacial score (nSPS) is 14.2. The number of ether oxygens (including phenoxy) is 1. The number of rotatable bonds is 8. The van der Waals surface area contributed by atoms with Crippen LogP contribution in [0.15, 0.2) is 71.6 Å². The minimum absolute atomic E-state index is 0.0632. The number of aromatic nitrogens is 1. The van der Waals surface area contributed by atoms with Crippen molar-refractivity contribution in [1.29, 1.82) is 0 Å². The van der Waals surface area contributed by atoms with Gasteiger partial charge in [0.05, 0.1) is 17.8 Å². The molecule has 1 atom stereocenters. The predicted octanol–water partition coefficient (Wildman–Crippen LogP) is 4.77. The molecule has 9 heteroatoms. The van der Waals surface area contributed by atoms with Gasteiger partial charge in [0.25, 0.3) is 5.09 Å². The van der Waals surface area contributed by atoms with E-state index in [-0.39, 0.29) is 18.8 Å². The van der Waals surface area contributed by atoms with Gasteiger partial charge in [-0.1, -0.05) is 36.4 Å². The second-order valence-corrected chi connectivity index (χ2v) is 9.25. The first-order valence-corrected chi connectivity index (χ1v) is 12.3. The maximum absolute atomic E-state index is 12.7. The fraction of sp³-hybridized carbons (Fsp3) is 0.154. The van der Waals surface area contributed by atoms with Crippen LogP contribution in [0.4, 0.5) is 0 Å². The standard InChI is InChI=1S/C26H22N2O6S/c1-17-25(12-9-21(27-17)16-33-28(30)31)34-26(29)15-20-14-19(23-5-3-4-6-24(20)23)13-18-7-10-22(11-8-18)35(2)32/h3-14H,15-16H2,1-2H3. The lowest BCUT2D eigenvalue weighted by atomic mass is 10.0. The van der Waals surface area contributed by atoms with E-state index in [1.54, 1.807) is 19.2 Å². The van der Waals surface area contributed by atoms with Crippen molar-refractivity contribution >= 4 is 34.0 Å². The van der Waals surface area contributed by atoms with Crippen molar-refractivity contribution in [3.8, 4) is 5.75 Å². The molecule has 0 fully saturated rings. The van der Waals surface area contributed by atoms with E-state index in [0.717, 1.165) is 32.7 Å². The van der Waals surface area contributed by atoms with E-state index in [2.05, 4.69) is 9.82 Å². The Morgan fingerprint density at radius 1 is 1.09 bits per heavy atom. The summed E-state index contributed by atoms with van der Waals surface area (Å²) < 4.78 is 17.2. The van der Waals surface area contributed by atoms with Crippen LogP contribution in [-0.2, 0) is 27.0 Å². The van der Waals surface area contributed by atoms with E-state index >= 15 is 0 Å². The molecule has 0 N–H and O–H groups in total. The Hall–Kier alpha value is -4.11. The van der Waals surface area contributed by atoms with Crippen LogP contribution in [-0.4, -0.2) is 26.5 Å². The summed E-state index contributed by atoms with van der Waals surface area (Å²) >= 11 is 0. The number of esters is 1. The van der Waals surface area contributed by atoms with Crippen molar-refractivity contribution in [1.82, 2.24) is 4.98 Å². The van der Waals surface area contributed by atoms with Crippen molar-refractivity contribution in [2.45, 2.75) is 24.8 Å². The third-order valence-corrected chi connectivity index (χ3v) is 6.36. The van der Waals surface area contributed by atoms with Crippen LogP contribution in [0.5, 0.6) is 5.75 Å². The molecule has 178 valence electrons. The van der Waals surface area contributed by atoms with Crippen LogP contribution in [0.3, 0.4) is 0 Å². The average molecular weight is 491 g/mol. The van der Waals surface area contributed by atoms with Gasteiger partial charge in [-0.05, 0) is 71.2 Å². The zero-order chi connectivity index (χ0) is 24.9. The van der Waals surface area contributed by atoms with Gasteiger partial charge in [0, 0.05) is 22.0 Å². The van der Waals surface area contributed by atoms with Crippen molar-refractivity contribution in [2.24, 2.45) is 0 Å². The van der Waals surface area contributed by atoms with Crippen molar-refractivity contribution in [3.63, 3.8) is 0 Å². The number of fused-ring (bicyclic) bond motifs is 1. The first-order chi connectivity index (χ1) is 16.8. The molecule has 1 unspecified atom stereocenters. The Labute approximate surface area is 204 Å². The fourth-order valence-electron chi connectivity index (χ4n) is 3.78. The number of benzene rings is 2. The molecule has 1 aliphatic rings. The molecule has 0 spiro atoms. The molecule has 1 heterocycles. The summed E-state index contributed by atoms with van der Waals surface area (Å²) in [5, 5.41) is 9.47. The number of allylic oxidation sites excluding steroid dienone is 2. The molecule has 4 rings (SSSR count). The number of nitrogens with zero attached hydrogens (tertiary/aromatic N) is 2. The molecular weight excluding hydrogens is 468 g/mol. The first-order valence-electron chi connectivity index (χ1n) is 10.7. The van der Waals surface area contributed by atoms with Gasteiger partial charge >= 0.3 is 5.97 Å². The summed E-state index contributed by atoms with van der Waals surface area (Å²) in [5.41, 5.74) is 5.55. The zero-order valence-electron chi connectivity index (χ0n) is 19.1. The molecular formula is C26H22N2O6S. The molecule has 0 bridgehead atoms. The molecule has 0 aliphatic heterocycles. The number of hydrogen-bond donors (Lipinski definition) is 0. The summed E-state index contributed by atoms with van der Waals surface area (Å²) in [6.07, 6.45) is 5.71. The van der Waals surface area contributed by atoms with Gasteiger partial charge < -0.3 is 9.57 Å². The van der Waals surface area contributed by atoms with Crippen molar-refractivity contribution in [3.05, 3.63) is 105 Å². The van der Waals surface area contributed by atoms with Crippen molar-refractivity contribution in [2.75, 3.05) is 6.26 Å². The largest absolute Gasteiger partial charge is 0.424 e. The highest BCUT2D eigenvalue weighted by atomic mass is 32.2. The van der Waals surface area contributed by atoms with Gasteiger partial charge in [-0.2, -0.15) is 0 Å². The molecule has 0 radical (unpaired) electrons. The second-order valence-electron chi connectivity index (χ2n) is 7.87. The van der Waals surface area contributed by atoms with Crippen LogP contribution in [0.25, 0.3) is 17.2 Å². The van der Waals surface area contributed by atoms with E-state index in [1.165, 1.54) is 6.07 Å². The van der Waals surface area contributed by atoms with E-state index in [1.807, 2.05) is 60.7 Å². The number of hydrogen-bond acceptors (Lipinski definition) is 7. The molecule has 0 amide bonds. The molecule has 1 aromatic heterocycles. The lowest BCUT2D eigenvalue weighted by molar-refractivity contribution is -0.763. The Balaban J connectivity index is 1.51. The number of carbonyl (C=O) groups excluding carboxylic acids is 1. The number of pyridine rings is 1. The van der Waals surface area contributed by atoms with Gasteiger partial charge in [-0.3, -0.25) is 14.0 Å². The second kappa shape index (κ2) is 10.4. The minimum atomic E-state index is -1.03. The monoisotopic (exact) mass is 490 g/mol. The Bertz CT molecular complexity index is 1380. The maximum atomic E-state index is 12.7. The highest BCUT2D eigenvalue weighted by Gasteiger charge is 2.21. The smallest absolute Gasteiger partial charge is 0.315 e. The lowest BCUT2D eigenvalue weighted by Crippen LogP contribution is -2.10. The summed E-state index contributed by atoms with van der Waals surface area (Å²) in [5.74, 6) is -0.155. The molecule has 1 aliphatic carbocycles. The van der Waals surface area contributed by atoms with Crippen LogP contribution in [0.2, 0.25) is 0 Å². The van der Waals surface area contributed by atoms with E-state index in [0.29, 0.717) is 11.4 Å². The fourth-order valence-corrected chi connectivity index (χ4v) is 4.30. The SMILES string of the molecule is Cc1nc(CO[N+](=O)[O-])ccc1OC(=O)CC1=CC(=Cc2ccc(S(C)=O)cc2)c2ccccc21. The number of carbonyl (C=O) groups is 1. The molecule has 3 aromatic rings. The third kappa shape index (κ3) is 5.88. The molecule has 8 nitrogen and oxygen atoms in total. The third-order valence-electron chi connectivity index (χ3n) is 5.42. The maximum Gasteiger partial charge on any atom is 0.315 e.